The topological polar surface area (TPSA) is 92.7 Å². The van der Waals surface area contributed by atoms with E-state index in [1.165, 1.54) is 6.07 Å². The maximum Gasteiger partial charge on any atom is 0.346 e. The number of sulfonamides is 1. The Bertz CT molecular complexity index is 603. The Morgan fingerprint density at radius 2 is 2.20 bits per heavy atom. The van der Waals surface area contributed by atoms with Crippen LogP contribution in [0.15, 0.2) is 22.4 Å². The first kappa shape index (κ1) is 16.8. The highest BCUT2D eigenvalue weighted by Crippen LogP contribution is 2.25. The van der Waals surface area contributed by atoms with E-state index in [9.17, 15) is 13.2 Å². The molecule has 0 atom stereocenters. The van der Waals surface area contributed by atoms with Crippen LogP contribution in [0.1, 0.15) is 22.2 Å². The zero-order chi connectivity index (χ0) is 15.3. The molecule has 2 N–H and O–H groups in total. The molecule has 0 unspecified atom stereocenters. The first-order chi connectivity index (χ1) is 9.24. The third-order valence-electron chi connectivity index (χ3n) is 2.24. The second-order valence-corrected chi connectivity index (χ2v) is 7.34. The molecule has 112 valence electrons. The quantitative estimate of drug-likeness (QED) is 0.561. The van der Waals surface area contributed by atoms with Gasteiger partial charge in [-0.2, -0.15) is 0 Å². The minimum absolute atomic E-state index is 0.00713. The summed E-state index contributed by atoms with van der Waals surface area (Å²) in [4.78, 5) is 10.9. The Balaban J connectivity index is 2.63. The van der Waals surface area contributed by atoms with Crippen LogP contribution in [0.3, 0.4) is 0 Å². The van der Waals surface area contributed by atoms with Gasteiger partial charge in [0.15, 0.2) is 0 Å². The molecule has 1 aromatic heterocycles. The van der Waals surface area contributed by atoms with Crippen molar-refractivity contribution in [1.82, 2.24) is 4.72 Å². The summed E-state index contributed by atoms with van der Waals surface area (Å²) in [6, 6.07) is 1.35. The number of rotatable bonds is 8. The summed E-state index contributed by atoms with van der Waals surface area (Å²) in [6.07, 6.45) is 0. The second-order valence-electron chi connectivity index (χ2n) is 4.29. The Labute approximate surface area is 122 Å². The number of aromatic carboxylic acids is 1. The van der Waals surface area contributed by atoms with Crippen molar-refractivity contribution in [3.63, 3.8) is 0 Å². The lowest BCUT2D eigenvalue weighted by Gasteiger charge is -2.05. The molecule has 20 heavy (non-hydrogen) atoms. The van der Waals surface area contributed by atoms with Crippen molar-refractivity contribution in [2.24, 2.45) is 0 Å². The van der Waals surface area contributed by atoms with E-state index in [1.807, 2.05) is 6.92 Å². The number of carboxylic acid groups (broad SMARTS) is 1. The van der Waals surface area contributed by atoms with Crippen LogP contribution in [0.25, 0.3) is 0 Å². The Hall–Kier alpha value is -1.22. The number of carboxylic acids is 1. The summed E-state index contributed by atoms with van der Waals surface area (Å²) in [7, 11) is -3.69. The van der Waals surface area contributed by atoms with Crippen LogP contribution in [0.5, 0.6) is 0 Å². The molecule has 0 aliphatic carbocycles. The fourth-order valence-corrected chi connectivity index (χ4v) is 3.80. The van der Waals surface area contributed by atoms with Crippen LogP contribution >= 0.6 is 11.3 Å². The molecule has 6 nitrogen and oxygen atoms in total. The molecule has 0 aliphatic rings. The Kier molecular flexibility index (Phi) is 5.88. The average Bonchev–Trinajstić information content (AvgIpc) is 2.71. The van der Waals surface area contributed by atoms with Crippen molar-refractivity contribution in [3.8, 4) is 0 Å². The zero-order valence-corrected chi connectivity index (χ0v) is 12.9. The van der Waals surface area contributed by atoms with Gasteiger partial charge in [-0.05, 0) is 25.5 Å². The van der Waals surface area contributed by atoms with Gasteiger partial charge in [0.1, 0.15) is 9.09 Å². The van der Waals surface area contributed by atoms with Gasteiger partial charge in [0.05, 0.1) is 13.2 Å². The highest BCUT2D eigenvalue weighted by atomic mass is 32.2. The first-order valence-corrected chi connectivity index (χ1v) is 8.09. The average molecular weight is 319 g/mol. The third kappa shape index (κ3) is 4.71. The Morgan fingerprint density at radius 3 is 2.70 bits per heavy atom. The summed E-state index contributed by atoms with van der Waals surface area (Å²) in [6.45, 7) is 7.76. The van der Waals surface area contributed by atoms with Crippen molar-refractivity contribution >= 4 is 27.3 Å². The molecule has 1 heterocycles. The number of nitrogens with one attached hydrogen (secondary N) is 1. The van der Waals surface area contributed by atoms with Crippen molar-refractivity contribution in [2.45, 2.75) is 18.1 Å². The molecular formula is C12H17NO5S2. The number of carbonyl (C=O) groups is 1. The molecule has 0 saturated carbocycles. The van der Waals surface area contributed by atoms with E-state index in [-0.39, 0.29) is 22.2 Å². The molecule has 0 fully saturated rings. The molecular weight excluding hydrogens is 302 g/mol. The van der Waals surface area contributed by atoms with E-state index in [0.717, 1.165) is 16.9 Å². The van der Waals surface area contributed by atoms with E-state index in [4.69, 9.17) is 9.84 Å². The summed E-state index contributed by atoms with van der Waals surface area (Å²) < 4.78 is 31.4. The molecule has 8 heteroatoms. The Morgan fingerprint density at radius 1 is 1.55 bits per heavy atom. The van der Waals surface area contributed by atoms with Gasteiger partial charge >= 0.3 is 5.97 Å². The predicted octanol–water partition coefficient (Wildman–Crippen LogP) is 1.63. The van der Waals surface area contributed by atoms with E-state index < -0.39 is 16.0 Å². The standard InChI is InChI=1S/C12H17NO5S2/c1-8(2)7-18-5-4-13-20(16,17)10-6-9(3)11(19-10)12(14)15/h6,13H,1,4-5,7H2,2-3H3,(H,14,15). The van der Waals surface area contributed by atoms with Crippen LogP contribution < -0.4 is 4.72 Å². The van der Waals surface area contributed by atoms with Crippen molar-refractivity contribution in [2.75, 3.05) is 19.8 Å². The molecule has 0 bridgehead atoms. The van der Waals surface area contributed by atoms with Crippen LogP contribution in [-0.4, -0.2) is 39.3 Å². The highest BCUT2D eigenvalue weighted by Gasteiger charge is 2.21. The molecule has 0 spiro atoms. The number of hydrogen-bond acceptors (Lipinski definition) is 5. The van der Waals surface area contributed by atoms with E-state index >= 15 is 0 Å². The van der Waals surface area contributed by atoms with Crippen molar-refractivity contribution in [1.29, 1.82) is 0 Å². The van der Waals surface area contributed by atoms with Crippen LogP contribution in [0.2, 0.25) is 0 Å². The molecule has 0 aliphatic heterocycles. The molecule has 1 aromatic rings. The second kappa shape index (κ2) is 6.98. The van der Waals surface area contributed by atoms with E-state index in [0.29, 0.717) is 12.2 Å². The highest BCUT2D eigenvalue weighted by molar-refractivity contribution is 7.91. The van der Waals surface area contributed by atoms with Gasteiger partial charge in [-0.25, -0.2) is 17.9 Å². The van der Waals surface area contributed by atoms with Crippen LogP contribution in [0.4, 0.5) is 0 Å². The molecule has 0 radical (unpaired) electrons. The number of hydrogen-bond donors (Lipinski definition) is 2. The maximum absolute atomic E-state index is 12.0. The summed E-state index contributed by atoms with van der Waals surface area (Å²) in [5, 5.41) is 8.91. The SMILES string of the molecule is C=C(C)COCCNS(=O)(=O)c1cc(C)c(C(=O)O)s1. The van der Waals surface area contributed by atoms with Gasteiger partial charge < -0.3 is 9.84 Å². The third-order valence-corrected chi connectivity index (χ3v) is 5.40. The lowest BCUT2D eigenvalue weighted by atomic mass is 10.3. The maximum atomic E-state index is 12.0. The number of thiophene rings is 1. The molecule has 0 aromatic carbocycles. The summed E-state index contributed by atoms with van der Waals surface area (Å²) in [5.74, 6) is -1.13. The summed E-state index contributed by atoms with van der Waals surface area (Å²) >= 11 is 0.738. The van der Waals surface area contributed by atoms with Crippen molar-refractivity contribution < 1.29 is 23.1 Å². The normalized spacial score (nSPS) is 11.5. The molecule has 0 saturated heterocycles. The van der Waals surface area contributed by atoms with Gasteiger partial charge in [-0.3, -0.25) is 0 Å². The first-order valence-electron chi connectivity index (χ1n) is 5.79. The lowest BCUT2D eigenvalue weighted by Crippen LogP contribution is -2.27. The van der Waals surface area contributed by atoms with Gasteiger partial charge in [-0.15, -0.1) is 11.3 Å². The van der Waals surface area contributed by atoms with Crippen LogP contribution in [-0.2, 0) is 14.8 Å². The van der Waals surface area contributed by atoms with Crippen molar-refractivity contribution in [3.05, 3.63) is 28.7 Å². The number of aryl methyl sites for hydroxylation is 1. The molecule has 1 rings (SSSR count). The smallest absolute Gasteiger partial charge is 0.346 e. The minimum Gasteiger partial charge on any atom is -0.477 e. The zero-order valence-electron chi connectivity index (χ0n) is 11.3. The number of ether oxygens (including phenoxy) is 1. The largest absolute Gasteiger partial charge is 0.477 e. The monoisotopic (exact) mass is 319 g/mol. The fraction of sp³-hybridized carbons (Fsp3) is 0.417. The van der Waals surface area contributed by atoms with Crippen LogP contribution in [0, 0.1) is 6.92 Å². The van der Waals surface area contributed by atoms with Gasteiger partial charge in [0.2, 0.25) is 10.0 Å². The van der Waals surface area contributed by atoms with E-state index in [2.05, 4.69) is 11.3 Å². The predicted molar refractivity (Wildman–Crippen MR) is 76.8 cm³/mol. The van der Waals surface area contributed by atoms with Gasteiger partial charge in [-0.1, -0.05) is 12.2 Å². The summed E-state index contributed by atoms with van der Waals surface area (Å²) in [5.41, 5.74) is 1.29. The van der Waals surface area contributed by atoms with Gasteiger partial charge in [0.25, 0.3) is 0 Å². The van der Waals surface area contributed by atoms with Gasteiger partial charge in [0, 0.05) is 6.54 Å². The van der Waals surface area contributed by atoms with E-state index in [1.54, 1.807) is 6.92 Å². The lowest BCUT2D eigenvalue weighted by molar-refractivity contribution is 0.0701. The fourth-order valence-electron chi connectivity index (χ4n) is 1.36. The molecule has 0 amide bonds. The minimum atomic E-state index is -3.69.